The van der Waals surface area contributed by atoms with Crippen LogP contribution in [0.25, 0.3) is 43.4 Å². The Bertz CT molecular complexity index is 1710. The Labute approximate surface area is 210 Å². The second-order valence-corrected chi connectivity index (χ2v) is 9.46. The lowest BCUT2D eigenvalue weighted by Crippen LogP contribution is -2.36. The van der Waals surface area contributed by atoms with Gasteiger partial charge in [-0.05, 0) is 60.6 Å². The molecule has 0 fully saturated rings. The monoisotopic (exact) mass is 462 g/mol. The van der Waals surface area contributed by atoms with Crippen LogP contribution < -0.4 is 5.32 Å². The zero-order chi connectivity index (χ0) is 23.9. The van der Waals surface area contributed by atoms with Gasteiger partial charge in [-0.15, -0.1) is 0 Å². The minimum absolute atomic E-state index is 0.0293. The number of rotatable bonds is 3. The minimum Gasteiger partial charge on any atom is -0.303 e. The van der Waals surface area contributed by atoms with E-state index >= 15 is 0 Å². The van der Waals surface area contributed by atoms with Crippen LogP contribution in [0, 0.1) is 0 Å². The van der Waals surface area contributed by atoms with Gasteiger partial charge < -0.3 is 5.32 Å². The van der Waals surface area contributed by atoms with E-state index in [9.17, 15) is 0 Å². The topological polar surface area (TPSA) is 24.4 Å². The standard InChI is InChI=1S/C34H26N2/c1-2-11-24(12-3-1)33-34(36-21-20-35-33)32-29-16-8-6-14-27(29)31(28-15-7-9-17-30(28)32)26-19-18-23-10-4-5-13-25(23)22-26/h1-19,22,34,36H,20-21H2. The number of nitrogens with zero attached hydrogens (tertiary/aromatic N) is 1. The summed E-state index contributed by atoms with van der Waals surface area (Å²) in [6.45, 7) is 1.67. The smallest absolute Gasteiger partial charge is 0.0765 e. The maximum atomic E-state index is 5.04. The first-order valence-corrected chi connectivity index (χ1v) is 12.6. The van der Waals surface area contributed by atoms with Crippen molar-refractivity contribution in [3.05, 3.63) is 132 Å². The van der Waals surface area contributed by atoms with Gasteiger partial charge in [-0.1, -0.05) is 115 Å². The van der Waals surface area contributed by atoms with E-state index in [0.717, 1.165) is 18.8 Å². The Morgan fingerprint density at radius 3 is 1.89 bits per heavy atom. The van der Waals surface area contributed by atoms with Gasteiger partial charge in [0.15, 0.2) is 0 Å². The van der Waals surface area contributed by atoms with Crippen molar-refractivity contribution < 1.29 is 0 Å². The van der Waals surface area contributed by atoms with Crippen molar-refractivity contribution in [2.75, 3.05) is 13.1 Å². The minimum atomic E-state index is 0.0293. The van der Waals surface area contributed by atoms with E-state index in [-0.39, 0.29) is 6.04 Å². The Kier molecular flexibility index (Phi) is 5.11. The molecule has 1 N–H and O–H groups in total. The molecule has 1 aliphatic heterocycles. The molecule has 0 spiro atoms. The number of fused-ring (bicyclic) bond motifs is 3. The van der Waals surface area contributed by atoms with Crippen LogP contribution in [-0.2, 0) is 0 Å². The second kappa shape index (κ2) is 8.75. The molecular formula is C34H26N2. The lowest BCUT2D eigenvalue weighted by atomic mass is 9.83. The molecular weight excluding hydrogens is 436 g/mol. The molecule has 7 rings (SSSR count). The van der Waals surface area contributed by atoms with Crippen LogP contribution in [0.4, 0.5) is 0 Å². The van der Waals surface area contributed by atoms with E-state index in [1.165, 1.54) is 54.6 Å². The summed E-state index contributed by atoms with van der Waals surface area (Å²) in [7, 11) is 0. The van der Waals surface area contributed by atoms with Gasteiger partial charge >= 0.3 is 0 Å². The Hall–Kier alpha value is -4.27. The molecule has 1 aliphatic rings. The van der Waals surface area contributed by atoms with Crippen molar-refractivity contribution in [2.24, 2.45) is 4.99 Å². The maximum absolute atomic E-state index is 5.04. The first-order chi connectivity index (χ1) is 17.9. The zero-order valence-corrected chi connectivity index (χ0v) is 20.0. The van der Waals surface area contributed by atoms with Crippen LogP contribution >= 0.6 is 0 Å². The predicted molar refractivity (Wildman–Crippen MR) is 153 cm³/mol. The van der Waals surface area contributed by atoms with Gasteiger partial charge in [0.2, 0.25) is 0 Å². The first-order valence-electron chi connectivity index (χ1n) is 12.6. The van der Waals surface area contributed by atoms with E-state index in [0.29, 0.717) is 0 Å². The lowest BCUT2D eigenvalue weighted by Gasteiger charge is -2.29. The highest BCUT2D eigenvalue weighted by atomic mass is 15.0. The van der Waals surface area contributed by atoms with Gasteiger partial charge in [0, 0.05) is 6.54 Å². The van der Waals surface area contributed by atoms with Crippen molar-refractivity contribution in [2.45, 2.75) is 6.04 Å². The van der Waals surface area contributed by atoms with E-state index in [2.05, 4.69) is 127 Å². The van der Waals surface area contributed by atoms with Crippen molar-refractivity contribution in [1.82, 2.24) is 5.32 Å². The number of hydrogen-bond acceptors (Lipinski definition) is 2. The predicted octanol–water partition coefficient (Wildman–Crippen LogP) is 7.95. The summed E-state index contributed by atoms with van der Waals surface area (Å²) in [4.78, 5) is 5.04. The highest BCUT2D eigenvalue weighted by Gasteiger charge is 2.27. The molecule has 1 atom stereocenters. The molecule has 2 nitrogen and oxygen atoms in total. The summed E-state index contributed by atoms with van der Waals surface area (Å²) in [6, 6.07) is 43.8. The van der Waals surface area contributed by atoms with Crippen molar-refractivity contribution in [3.8, 4) is 11.1 Å². The lowest BCUT2D eigenvalue weighted by molar-refractivity contribution is 0.628. The normalized spacial score (nSPS) is 15.9. The Morgan fingerprint density at radius 1 is 0.556 bits per heavy atom. The van der Waals surface area contributed by atoms with Crippen LogP contribution in [0.5, 0.6) is 0 Å². The molecule has 2 heteroatoms. The number of hydrogen-bond donors (Lipinski definition) is 1. The van der Waals surface area contributed by atoms with E-state index in [1.807, 2.05) is 0 Å². The fourth-order valence-electron chi connectivity index (χ4n) is 5.81. The van der Waals surface area contributed by atoms with Gasteiger partial charge in [0.05, 0.1) is 18.3 Å². The second-order valence-electron chi connectivity index (χ2n) is 9.46. The SMILES string of the molecule is c1ccc(C2=NCCNC2c2c3ccccc3c(-c3ccc4ccccc4c3)c3ccccc23)cc1. The molecule has 6 aromatic carbocycles. The largest absolute Gasteiger partial charge is 0.303 e. The molecule has 0 bridgehead atoms. The van der Waals surface area contributed by atoms with Crippen LogP contribution in [0.15, 0.2) is 126 Å². The van der Waals surface area contributed by atoms with Crippen molar-refractivity contribution >= 4 is 38.0 Å². The Balaban J connectivity index is 1.55. The van der Waals surface area contributed by atoms with Crippen LogP contribution in [0.3, 0.4) is 0 Å². The summed E-state index contributed by atoms with van der Waals surface area (Å²) >= 11 is 0. The molecule has 1 heterocycles. The molecule has 1 unspecified atom stereocenters. The molecule has 0 radical (unpaired) electrons. The molecule has 6 aromatic rings. The van der Waals surface area contributed by atoms with Gasteiger partial charge in [0.25, 0.3) is 0 Å². The highest BCUT2D eigenvalue weighted by molar-refractivity contribution is 6.18. The molecule has 172 valence electrons. The van der Waals surface area contributed by atoms with E-state index < -0.39 is 0 Å². The molecule has 0 aromatic heterocycles. The molecule has 36 heavy (non-hydrogen) atoms. The van der Waals surface area contributed by atoms with Gasteiger partial charge in [-0.3, -0.25) is 4.99 Å². The third-order valence-corrected chi connectivity index (χ3v) is 7.39. The number of aliphatic imine (C=N–C) groups is 1. The number of nitrogens with one attached hydrogen (secondary N) is 1. The van der Waals surface area contributed by atoms with Gasteiger partial charge in [-0.25, -0.2) is 0 Å². The summed E-state index contributed by atoms with van der Waals surface area (Å²) in [5, 5.41) is 11.5. The summed E-state index contributed by atoms with van der Waals surface area (Å²) in [5.74, 6) is 0. The van der Waals surface area contributed by atoms with E-state index in [4.69, 9.17) is 4.99 Å². The zero-order valence-electron chi connectivity index (χ0n) is 20.0. The number of benzene rings is 6. The van der Waals surface area contributed by atoms with Crippen LogP contribution in [0.2, 0.25) is 0 Å². The molecule has 0 amide bonds. The first kappa shape index (κ1) is 21.0. The quantitative estimate of drug-likeness (QED) is 0.265. The van der Waals surface area contributed by atoms with Crippen LogP contribution in [-0.4, -0.2) is 18.8 Å². The van der Waals surface area contributed by atoms with Crippen molar-refractivity contribution in [3.63, 3.8) is 0 Å². The highest BCUT2D eigenvalue weighted by Crippen LogP contribution is 2.43. The average molecular weight is 463 g/mol. The maximum Gasteiger partial charge on any atom is 0.0765 e. The van der Waals surface area contributed by atoms with Crippen LogP contribution in [0.1, 0.15) is 17.2 Å². The fourth-order valence-corrected chi connectivity index (χ4v) is 5.81. The van der Waals surface area contributed by atoms with Crippen molar-refractivity contribution in [1.29, 1.82) is 0 Å². The third kappa shape index (κ3) is 3.42. The van der Waals surface area contributed by atoms with Gasteiger partial charge in [-0.2, -0.15) is 0 Å². The molecule has 0 saturated carbocycles. The Morgan fingerprint density at radius 2 is 1.17 bits per heavy atom. The average Bonchev–Trinajstić information content (AvgIpc) is 2.96. The summed E-state index contributed by atoms with van der Waals surface area (Å²) in [6.07, 6.45) is 0. The van der Waals surface area contributed by atoms with Gasteiger partial charge in [0.1, 0.15) is 0 Å². The van der Waals surface area contributed by atoms with E-state index in [1.54, 1.807) is 0 Å². The third-order valence-electron chi connectivity index (χ3n) is 7.39. The molecule has 0 saturated heterocycles. The summed E-state index contributed by atoms with van der Waals surface area (Å²) in [5.41, 5.74) is 6.16. The fraction of sp³-hybridized carbons (Fsp3) is 0.0882. The summed E-state index contributed by atoms with van der Waals surface area (Å²) < 4.78 is 0. The molecule has 0 aliphatic carbocycles.